The standard InChI is InChI=1S/C10H16N4O2/c1-10(6-11-7-10)16-5-9(15)12-8-3-4-14(2)13-8/h3-4,11H,5-7H2,1-2H3,(H,12,13,15). The molecule has 1 fully saturated rings. The van der Waals surface area contributed by atoms with Crippen LogP contribution in [-0.2, 0) is 16.6 Å². The fraction of sp³-hybridized carbons (Fsp3) is 0.600. The Labute approximate surface area is 94.0 Å². The Morgan fingerprint density at radius 1 is 1.75 bits per heavy atom. The van der Waals surface area contributed by atoms with Gasteiger partial charge in [0.05, 0.1) is 5.60 Å². The van der Waals surface area contributed by atoms with Gasteiger partial charge in [0.25, 0.3) is 5.91 Å². The summed E-state index contributed by atoms with van der Waals surface area (Å²) in [5, 5.41) is 9.82. The molecule has 1 saturated heterocycles. The summed E-state index contributed by atoms with van der Waals surface area (Å²) in [5.41, 5.74) is -0.193. The molecule has 2 heterocycles. The Kier molecular flexibility index (Phi) is 2.93. The van der Waals surface area contributed by atoms with Crippen molar-refractivity contribution < 1.29 is 9.53 Å². The first-order valence-electron chi connectivity index (χ1n) is 5.22. The molecule has 1 aliphatic heterocycles. The van der Waals surface area contributed by atoms with Gasteiger partial charge in [-0.1, -0.05) is 0 Å². The predicted octanol–water partition coefficient (Wildman–Crippen LogP) is -0.263. The van der Waals surface area contributed by atoms with Crippen LogP contribution in [0, 0.1) is 0 Å². The Morgan fingerprint density at radius 2 is 2.50 bits per heavy atom. The normalized spacial score (nSPS) is 17.9. The van der Waals surface area contributed by atoms with E-state index in [0.717, 1.165) is 13.1 Å². The Hall–Kier alpha value is -1.40. The molecule has 0 radical (unpaired) electrons. The molecule has 0 unspecified atom stereocenters. The van der Waals surface area contributed by atoms with Crippen LogP contribution in [0.3, 0.4) is 0 Å². The number of nitrogens with one attached hydrogen (secondary N) is 2. The zero-order valence-electron chi connectivity index (χ0n) is 9.49. The van der Waals surface area contributed by atoms with Gasteiger partial charge < -0.3 is 15.4 Å². The van der Waals surface area contributed by atoms with Gasteiger partial charge in [-0.3, -0.25) is 9.48 Å². The number of amides is 1. The van der Waals surface area contributed by atoms with Gasteiger partial charge in [0.15, 0.2) is 5.82 Å². The van der Waals surface area contributed by atoms with Crippen LogP contribution in [0.4, 0.5) is 5.82 Å². The van der Waals surface area contributed by atoms with Crippen LogP contribution in [0.15, 0.2) is 12.3 Å². The van der Waals surface area contributed by atoms with Crippen molar-refractivity contribution in [2.75, 3.05) is 25.0 Å². The molecule has 2 rings (SSSR count). The number of anilines is 1. The van der Waals surface area contributed by atoms with Crippen molar-refractivity contribution in [3.8, 4) is 0 Å². The quantitative estimate of drug-likeness (QED) is 0.739. The van der Waals surface area contributed by atoms with Crippen LogP contribution in [0.5, 0.6) is 0 Å². The molecule has 1 aromatic heterocycles. The monoisotopic (exact) mass is 224 g/mol. The second-order valence-electron chi connectivity index (χ2n) is 4.26. The van der Waals surface area contributed by atoms with Crippen molar-refractivity contribution in [2.45, 2.75) is 12.5 Å². The number of carbonyl (C=O) groups is 1. The van der Waals surface area contributed by atoms with Gasteiger partial charge in [-0.2, -0.15) is 5.10 Å². The highest BCUT2D eigenvalue weighted by molar-refractivity contribution is 5.90. The molecule has 0 bridgehead atoms. The lowest BCUT2D eigenvalue weighted by Crippen LogP contribution is -2.59. The van der Waals surface area contributed by atoms with Crippen LogP contribution in [0.25, 0.3) is 0 Å². The van der Waals surface area contributed by atoms with Gasteiger partial charge in [-0.05, 0) is 6.92 Å². The molecule has 1 aliphatic rings. The lowest BCUT2D eigenvalue weighted by Gasteiger charge is -2.38. The molecule has 2 N–H and O–H groups in total. The predicted molar refractivity (Wildman–Crippen MR) is 59.1 cm³/mol. The molecule has 1 aromatic rings. The third kappa shape index (κ3) is 2.59. The van der Waals surface area contributed by atoms with E-state index in [2.05, 4.69) is 15.7 Å². The van der Waals surface area contributed by atoms with Gasteiger partial charge in [0, 0.05) is 32.4 Å². The third-order valence-electron chi connectivity index (χ3n) is 2.53. The van der Waals surface area contributed by atoms with Crippen molar-refractivity contribution >= 4 is 11.7 Å². The lowest BCUT2D eigenvalue weighted by molar-refractivity contribution is -0.130. The summed E-state index contributed by atoms with van der Waals surface area (Å²) in [4.78, 5) is 11.5. The zero-order valence-corrected chi connectivity index (χ0v) is 9.49. The SMILES string of the molecule is Cn1ccc(NC(=O)COC2(C)CNC2)n1. The van der Waals surface area contributed by atoms with Crippen LogP contribution in [0.2, 0.25) is 0 Å². The summed E-state index contributed by atoms with van der Waals surface area (Å²) in [7, 11) is 1.80. The van der Waals surface area contributed by atoms with Crippen molar-refractivity contribution in [1.82, 2.24) is 15.1 Å². The van der Waals surface area contributed by atoms with E-state index in [9.17, 15) is 4.79 Å². The fourth-order valence-corrected chi connectivity index (χ4v) is 1.48. The van der Waals surface area contributed by atoms with Gasteiger partial charge in [-0.25, -0.2) is 0 Å². The second-order valence-corrected chi connectivity index (χ2v) is 4.26. The second kappa shape index (κ2) is 4.23. The highest BCUT2D eigenvalue weighted by Crippen LogP contribution is 2.14. The summed E-state index contributed by atoms with van der Waals surface area (Å²) in [5.74, 6) is 0.375. The van der Waals surface area contributed by atoms with Crippen LogP contribution in [-0.4, -0.2) is 41.0 Å². The van der Waals surface area contributed by atoms with E-state index < -0.39 is 0 Å². The summed E-state index contributed by atoms with van der Waals surface area (Å²) < 4.78 is 7.13. The van der Waals surface area contributed by atoms with E-state index in [1.165, 1.54) is 0 Å². The highest BCUT2D eigenvalue weighted by Gasteiger charge is 2.32. The first-order chi connectivity index (χ1) is 7.57. The van der Waals surface area contributed by atoms with E-state index in [0.29, 0.717) is 5.82 Å². The number of aryl methyl sites for hydroxylation is 1. The molecule has 0 atom stereocenters. The maximum atomic E-state index is 11.5. The summed E-state index contributed by atoms with van der Waals surface area (Å²) >= 11 is 0. The number of aromatic nitrogens is 2. The first-order valence-corrected chi connectivity index (χ1v) is 5.22. The molecule has 6 heteroatoms. The van der Waals surface area contributed by atoms with Crippen LogP contribution < -0.4 is 10.6 Å². The van der Waals surface area contributed by atoms with Gasteiger partial charge in [-0.15, -0.1) is 0 Å². The van der Waals surface area contributed by atoms with E-state index in [1.54, 1.807) is 24.0 Å². The highest BCUT2D eigenvalue weighted by atomic mass is 16.5. The molecule has 0 spiro atoms. The molecule has 0 saturated carbocycles. The molecule has 6 nitrogen and oxygen atoms in total. The van der Waals surface area contributed by atoms with Gasteiger partial charge in [0.2, 0.25) is 0 Å². The summed E-state index contributed by atoms with van der Waals surface area (Å²) in [6, 6.07) is 1.74. The van der Waals surface area contributed by atoms with E-state index in [1.807, 2.05) is 6.92 Å². The largest absolute Gasteiger partial charge is 0.363 e. The number of ether oxygens (including phenoxy) is 1. The minimum absolute atomic E-state index is 0.0642. The van der Waals surface area contributed by atoms with Crippen molar-refractivity contribution in [1.29, 1.82) is 0 Å². The molecular weight excluding hydrogens is 208 g/mol. The van der Waals surface area contributed by atoms with Crippen molar-refractivity contribution in [3.63, 3.8) is 0 Å². The van der Waals surface area contributed by atoms with Gasteiger partial charge in [0.1, 0.15) is 6.61 Å². The van der Waals surface area contributed by atoms with E-state index in [-0.39, 0.29) is 18.1 Å². The Morgan fingerprint density at radius 3 is 3.00 bits per heavy atom. The number of hydrogen-bond donors (Lipinski definition) is 2. The minimum Gasteiger partial charge on any atom is -0.363 e. The van der Waals surface area contributed by atoms with E-state index in [4.69, 9.17) is 4.74 Å². The Bertz CT molecular complexity index is 384. The minimum atomic E-state index is -0.193. The third-order valence-corrected chi connectivity index (χ3v) is 2.53. The van der Waals surface area contributed by atoms with Crippen LogP contribution in [0.1, 0.15) is 6.92 Å². The average molecular weight is 224 g/mol. The van der Waals surface area contributed by atoms with Crippen molar-refractivity contribution in [3.05, 3.63) is 12.3 Å². The number of carbonyl (C=O) groups excluding carboxylic acids is 1. The smallest absolute Gasteiger partial charge is 0.251 e. The van der Waals surface area contributed by atoms with Gasteiger partial charge >= 0.3 is 0 Å². The topological polar surface area (TPSA) is 68.2 Å². The number of rotatable bonds is 4. The van der Waals surface area contributed by atoms with E-state index >= 15 is 0 Å². The lowest BCUT2D eigenvalue weighted by atomic mass is 10.0. The molecule has 1 amide bonds. The number of nitrogens with zero attached hydrogens (tertiary/aromatic N) is 2. The molecule has 16 heavy (non-hydrogen) atoms. The molecular formula is C10H16N4O2. The molecule has 0 aliphatic carbocycles. The maximum Gasteiger partial charge on any atom is 0.251 e. The molecule has 0 aromatic carbocycles. The fourth-order valence-electron chi connectivity index (χ4n) is 1.48. The van der Waals surface area contributed by atoms with Crippen molar-refractivity contribution in [2.24, 2.45) is 7.05 Å². The first kappa shape index (κ1) is 11.1. The summed E-state index contributed by atoms with van der Waals surface area (Å²) in [6.07, 6.45) is 1.77. The van der Waals surface area contributed by atoms with Crippen LogP contribution >= 0.6 is 0 Å². The Balaban J connectivity index is 1.76. The summed E-state index contributed by atoms with van der Waals surface area (Å²) in [6.45, 7) is 3.64. The number of hydrogen-bond acceptors (Lipinski definition) is 4. The maximum absolute atomic E-state index is 11.5. The zero-order chi connectivity index (χ0) is 11.6. The average Bonchev–Trinajstić information content (AvgIpc) is 2.58. The molecule has 88 valence electrons.